The van der Waals surface area contributed by atoms with Crippen molar-refractivity contribution in [3.63, 3.8) is 0 Å². The summed E-state index contributed by atoms with van der Waals surface area (Å²) in [6, 6.07) is 0.875. The molecule has 3 fully saturated rings. The van der Waals surface area contributed by atoms with E-state index >= 15 is 0 Å². The third-order valence-corrected chi connectivity index (χ3v) is 5.46. The van der Waals surface area contributed by atoms with Crippen LogP contribution in [0.3, 0.4) is 0 Å². The summed E-state index contributed by atoms with van der Waals surface area (Å²) in [5.41, 5.74) is 0. The van der Waals surface area contributed by atoms with Crippen LogP contribution in [0.4, 0.5) is 0 Å². The Morgan fingerprint density at radius 1 is 0.833 bits per heavy atom. The molecule has 1 aliphatic heterocycles. The van der Waals surface area contributed by atoms with Gasteiger partial charge in [0.05, 0.1) is 6.04 Å². The molecule has 0 radical (unpaired) electrons. The summed E-state index contributed by atoms with van der Waals surface area (Å²) in [5, 5.41) is 3.66. The second-order valence-electron chi connectivity index (χ2n) is 6.70. The summed E-state index contributed by atoms with van der Waals surface area (Å²) < 4.78 is 0. The Morgan fingerprint density at radius 2 is 1.50 bits per heavy atom. The fourth-order valence-electron chi connectivity index (χ4n) is 4.39. The van der Waals surface area contributed by atoms with Gasteiger partial charge in [-0.05, 0) is 38.0 Å². The summed E-state index contributed by atoms with van der Waals surface area (Å²) in [6.07, 6.45) is 14.1. The number of nitrogens with one attached hydrogen (secondary N) is 1. The maximum atomic E-state index is 12.6. The number of rotatable bonds is 2. The molecule has 102 valence electrons. The molecule has 1 heterocycles. The normalized spacial score (nSPS) is 38.1. The van der Waals surface area contributed by atoms with E-state index in [9.17, 15) is 4.79 Å². The third-order valence-electron chi connectivity index (χ3n) is 5.46. The average Bonchev–Trinajstić information content (AvgIpc) is 2.64. The molecule has 0 aromatic carbocycles. The van der Waals surface area contributed by atoms with E-state index < -0.39 is 0 Å². The summed E-state index contributed by atoms with van der Waals surface area (Å²) in [7, 11) is 0. The minimum Gasteiger partial charge on any atom is -0.304 e. The Morgan fingerprint density at radius 3 is 2.22 bits per heavy atom. The third kappa shape index (κ3) is 2.64. The molecule has 0 aromatic rings. The highest BCUT2D eigenvalue weighted by Crippen LogP contribution is 2.35. The van der Waals surface area contributed by atoms with Gasteiger partial charge in [0.25, 0.3) is 0 Å². The zero-order valence-electron chi connectivity index (χ0n) is 11.5. The summed E-state index contributed by atoms with van der Waals surface area (Å²) in [4.78, 5) is 12.6. The van der Waals surface area contributed by atoms with E-state index in [2.05, 4.69) is 5.32 Å². The molecule has 3 unspecified atom stereocenters. The van der Waals surface area contributed by atoms with Crippen molar-refractivity contribution in [2.24, 2.45) is 11.8 Å². The molecule has 0 aromatic heterocycles. The van der Waals surface area contributed by atoms with E-state index in [1.807, 2.05) is 0 Å². The average molecular weight is 249 g/mol. The fraction of sp³-hybridized carbons (Fsp3) is 0.938. The van der Waals surface area contributed by atoms with Gasteiger partial charge in [0, 0.05) is 12.0 Å². The van der Waals surface area contributed by atoms with Crippen LogP contribution in [0.25, 0.3) is 0 Å². The van der Waals surface area contributed by atoms with Crippen molar-refractivity contribution in [2.75, 3.05) is 0 Å². The SMILES string of the molecule is O=C(C1CCCCCC1)C1CC2CCCCC2N1. The Bertz CT molecular complexity index is 279. The molecule has 2 saturated carbocycles. The standard InChI is InChI=1S/C16H27NO/c18-16(12-7-3-1-2-4-8-12)15-11-13-9-5-6-10-14(13)17-15/h12-15,17H,1-11H2. The largest absolute Gasteiger partial charge is 0.304 e. The molecule has 0 amide bonds. The first-order valence-electron chi connectivity index (χ1n) is 8.14. The van der Waals surface area contributed by atoms with E-state index in [1.165, 1.54) is 51.4 Å². The lowest BCUT2D eigenvalue weighted by Crippen LogP contribution is -2.39. The molecular weight excluding hydrogens is 222 g/mol. The van der Waals surface area contributed by atoms with Gasteiger partial charge < -0.3 is 5.32 Å². The van der Waals surface area contributed by atoms with Crippen LogP contribution in [0.5, 0.6) is 0 Å². The van der Waals surface area contributed by atoms with Crippen LogP contribution in [0.15, 0.2) is 0 Å². The molecule has 3 atom stereocenters. The van der Waals surface area contributed by atoms with Crippen molar-refractivity contribution < 1.29 is 4.79 Å². The smallest absolute Gasteiger partial charge is 0.152 e. The molecule has 3 rings (SSSR count). The van der Waals surface area contributed by atoms with Gasteiger partial charge >= 0.3 is 0 Å². The first-order valence-corrected chi connectivity index (χ1v) is 8.14. The van der Waals surface area contributed by atoms with Crippen LogP contribution in [-0.4, -0.2) is 17.9 Å². The van der Waals surface area contributed by atoms with Gasteiger partial charge in [-0.15, -0.1) is 0 Å². The minimum atomic E-state index is 0.209. The second-order valence-corrected chi connectivity index (χ2v) is 6.70. The zero-order chi connectivity index (χ0) is 12.4. The van der Waals surface area contributed by atoms with Crippen molar-refractivity contribution in [1.82, 2.24) is 5.32 Å². The lowest BCUT2D eigenvalue weighted by atomic mass is 9.83. The van der Waals surface area contributed by atoms with E-state index in [-0.39, 0.29) is 6.04 Å². The predicted octanol–water partition coefficient (Wildman–Crippen LogP) is 3.45. The van der Waals surface area contributed by atoms with Crippen LogP contribution < -0.4 is 5.32 Å². The monoisotopic (exact) mass is 249 g/mol. The highest BCUT2D eigenvalue weighted by Gasteiger charge is 2.39. The van der Waals surface area contributed by atoms with Crippen LogP contribution in [0, 0.1) is 11.8 Å². The van der Waals surface area contributed by atoms with Crippen molar-refractivity contribution in [3.8, 4) is 0 Å². The lowest BCUT2D eigenvalue weighted by Gasteiger charge is -2.24. The van der Waals surface area contributed by atoms with E-state index in [4.69, 9.17) is 0 Å². The number of ketones is 1. The Kier molecular flexibility index (Phi) is 4.03. The van der Waals surface area contributed by atoms with Crippen LogP contribution in [0.2, 0.25) is 0 Å². The van der Waals surface area contributed by atoms with Gasteiger partial charge in [-0.25, -0.2) is 0 Å². The van der Waals surface area contributed by atoms with Gasteiger partial charge in [-0.1, -0.05) is 38.5 Å². The fourth-order valence-corrected chi connectivity index (χ4v) is 4.39. The molecule has 1 N–H and O–H groups in total. The van der Waals surface area contributed by atoms with Crippen LogP contribution in [0.1, 0.15) is 70.6 Å². The maximum Gasteiger partial charge on any atom is 0.152 e. The maximum absolute atomic E-state index is 12.6. The Hall–Kier alpha value is -0.370. The quantitative estimate of drug-likeness (QED) is 0.759. The van der Waals surface area contributed by atoms with Gasteiger partial charge in [-0.2, -0.15) is 0 Å². The van der Waals surface area contributed by atoms with Gasteiger partial charge in [0.2, 0.25) is 0 Å². The Labute approximate surface area is 111 Å². The second kappa shape index (κ2) is 5.73. The number of Topliss-reactive ketones (excluding diaryl/α,β-unsaturated/α-hetero) is 1. The molecule has 18 heavy (non-hydrogen) atoms. The Balaban J connectivity index is 1.59. The summed E-state index contributed by atoms with van der Waals surface area (Å²) in [5.74, 6) is 1.75. The number of carbonyl (C=O) groups excluding carboxylic acids is 1. The van der Waals surface area contributed by atoms with Crippen molar-refractivity contribution in [3.05, 3.63) is 0 Å². The van der Waals surface area contributed by atoms with Crippen molar-refractivity contribution in [1.29, 1.82) is 0 Å². The predicted molar refractivity (Wildman–Crippen MR) is 73.5 cm³/mol. The van der Waals surface area contributed by atoms with E-state index in [0.717, 1.165) is 25.2 Å². The molecule has 0 spiro atoms. The zero-order valence-corrected chi connectivity index (χ0v) is 11.5. The molecule has 1 saturated heterocycles. The molecular formula is C16H27NO. The molecule has 2 aliphatic carbocycles. The molecule has 0 bridgehead atoms. The molecule has 3 aliphatic rings. The molecule has 2 nitrogen and oxygen atoms in total. The molecule has 2 heteroatoms. The van der Waals surface area contributed by atoms with Crippen molar-refractivity contribution in [2.45, 2.75) is 82.7 Å². The minimum absolute atomic E-state index is 0.209. The van der Waals surface area contributed by atoms with E-state index in [0.29, 0.717) is 17.7 Å². The van der Waals surface area contributed by atoms with Gasteiger partial charge in [0.15, 0.2) is 5.78 Å². The highest BCUT2D eigenvalue weighted by molar-refractivity contribution is 5.86. The highest BCUT2D eigenvalue weighted by atomic mass is 16.1. The number of hydrogen-bond acceptors (Lipinski definition) is 2. The summed E-state index contributed by atoms with van der Waals surface area (Å²) in [6.45, 7) is 0. The summed E-state index contributed by atoms with van der Waals surface area (Å²) >= 11 is 0. The number of fused-ring (bicyclic) bond motifs is 1. The first kappa shape index (κ1) is 12.7. The van der Waals surface area contributed by atoms with Gasteiger partial charge in [0.1, 0.15) is 0 Å². The van der Waals surface area contributed by atoms with Crippen molar-refractivity contribution >= 4 is 5.78 Å². The number of carbonyl (C=O) groups is 1. The van der Waals surface area contributed by atoms with Crippen LogP contribution >= 0.6 is 0 Å². The van der Waals surface area contributed by atoms with Crippen LogP contribution in [-0.2, 0) is 4.79 Å². The topological polar surface area (TPSA) is 29.1 Å². The number of hydrogen-bond donors (Lipinski definition) is 1. The lowest BCUT2D eigenvalue weighted by molar-refractivity contribution is -0.125. The van der Waals surface area contributed by atoms with E-state index in [1.54, 1.807) is 0 Å². The van der Waals surface area contributed by atoms with Gasteiger partial charge in [-0.3, -0.25) is 4.79 Å². The first-order chi connectivity index (χ1) is 8.84.